The molecule has 2 aromatic heterocycles. The van der Waals surface area contributed by atoms with Crippen LogP contribution in [-0.4, -0.2) is 22.9 Å². The minimum atomic E-state index is -0.226. The number of likely N-dealkylation sites (N-methyl/N-ethyl adjacent to an activating group) is 1. The molecule has 0 atom stereocenters. The van der Waals surface area contributed by atoms with Crippen molar-refractivity contribution in [3.63, 3.8) is 0 Å². The molecule has 30 heavy (non-hydrogen) atoms. The molecule has 152 valence electrons. The fourth-order valence-electron chi connectivity index (χ4n) is 3.57. The van der Waals surface area contributed by atoms with Crippen molar-refractivity contribution in [2.75, 3.05) is 16.8 Å². The van der Waals surface area contributed by atoms with Gasteiger partial charge in [0.2, 0.25) is 5.91 Å². The van der Waals surface area contributed by atoms with Gasteiger partial charge in [-0.2, -0.15) is 0 Å². The molecule has 0 fully saturated rings. The van der Waals surface area contributed by atoms with Crippen LogP contribution in [0.3, 0.4) is 0 Å². The van der Waals surface area contributed by atoms with E-state index in [4.69, 9.17) is 0 Å². The zero-order valence-corrected chi connectivity index (χ0v) is 17.8. The molecule has 4 aromatic rings. The summed E-state index contributed by atoms with van der Waals surface area (Å²) in [6, 6.07) is 21.0. The molecule has 0 aliphatic heterocycles. The molecule has 2 aromatic carbocycles. The lowest BCUT2D eigenvalue weighted by molar-refractivity contribution is -0.119. The van der Waals surface area contributed by atoms with Crippen LogP contribution in [0, 0.1) is 6.92 Å². The highest BCUT2D eigenvalue weighted by Crippen LogP contribution is 2.27. The molecule has 2 amide bonds. The first kappa shape index (κ1) is 19.9. The van der Waals surface area contributed by atoms with E-state index in [0.29, 0.717) is 12.2 Å². The van der Waals surface area contributed by atoms with E-state index in [9.17, 15) is 9.59 Å². The van der Waals surface area contributed by atoms with Crippen LogP contribution in [0.2, 0.25) is 0 Å². The average Bonchev–Trinajstić information content (AvgIpc) is 3.32. The van der Waals surface area contributed by atoms with Gasteiger partial charge in [-0.1, -0.05) is 30.3 Å². The van der Waals surface area contributed by atoms with Crippen LogP contribution in [0.15, 0.2) is 72.1 Å². The number of carbonyl (C=O) groups excluding carboxylic acids is 2. The number of hydrogen-bond donors (Lipinski definition) is 1. The van der Waals surface area contributed by atoms with E-state index in [-0.39, 0.29) is 18.4 Å². The van der Waals surface area contributed by atoms with Crippen LogP contribution >= 0.6 is 11.3 Å². The number of anilines is 2. The maximum atomic E-state index is 13.2. The quantitative estimate of drug-likeness (QED) is 0.462. The Labute approximate surface area is 179 Å². The van der Waals surface area contributed by atoms with Gasteiger partial charge in [-0.25, -0.2) is 0 Å². The minimum Gasteiger partial charge on any atom is -0.326 e. The molecular weight excluding hydrogens is 394 g/mol. The summed E-state index contributed by atoms with van der Waals surface area (Å²) >= 11 is 1.56. The summed E-state index contributed by atoms with van der Waals surface area (Å²) in [6.45, 7) is 4.62. The number of fused-ring (bicyclic) bond motifs is 1. The van der Waals surface area contributed by atoms with E-state index in [1.54, 1.807) is 16.2 Å². The number of amides is 2. The molecule has 1 N–H and O–H groups in total. The normalized spacial score (nSPS) is 10.9. The predicted octanol–water partition coefficient (Wildman–Crippen LogP) is 5.32. The number of carbonyl (C=O) groups is 2. The fourth-order valence-corrected chi connectivity index (χ4v) is 4.39. The molecule has 2 heterocycles. The van der Waals surface area contributed by atoms with Crippen LogP contribution in [0.1, 0.15) is 23.0 Å². The maximum absolute atomic E-state index is 13.2. The van der Waals surface area contributed by atoms with E-state index >= 15 is 0 Å². The SMILES string of the molecule is CCN(C(=O)Cn1c(C(=O)Nc2ccccc2)cc2sccc21)c1cccc(C)c1. The Balaban J connectivity index is 1.64. The van der Waals surface area contributed by atoms with E-state index in [2.05, 4.69) is 5.32 Å². The summed E-state index contributed by atoms with van der Waals surface area (Å²) in [4.78, 5) is 28.0. The van der Waals surface area contributed by atoms with Gasteiger partial charge in [-0.3, -0.25) is 9.59 Å². The lowest BCUT2D eigenvalue weighted by Gasteiger charge is -2.22. The number of nitrogens with one attached hydrogen (secondary N) is 1. The van der Waals surface area contributed by atoms with Gasteiger partial charge in [-0.05, 0) is 61.2 Å². The van der Waals surface area contributed by atoms with Crippen molar-refractivity contribution in [1.29, 1.82) is 0 Å². The molecule has 0 unspecified atom stereocenters. The third kappa shape index (κ3) is 4.00. The first-order valence-electron chi connectivity index (χ1n) is 9.87. The highest BCUT2D eigenvalue weighted by molar-refractivity contribution is 7.17. The third-order valence-corrected chi connectivity index (χ3v) is 5.86. The maximum Gasteiger partial charge on any atom is 0.272 e. The van der Waals surface area contributed by atoms with Crippen LogP contribution in [0.5, 0.6) is 0 Å². The number of rotatable bonds is 6. The molecule has 0 saturated heterocycles. The molecular formula is C24H23N3O2S. The van der Waals surface area contributed by atoms with Crippen molar-refractivity contribution < 1.29 is 9.59 Å². The Morgan fingerprint density at radius 1 is 1.03 bits per heavy atom. The minimum absolute atomic E-state index is 0.0550. The summed E-state index contributed by atoms with van der Waals surface area (Å²) in [5.41, 5.74) is 4.07. The fraction of sp³-hybridized carbons (Fsp3) is 0.167. The molecule has 0 saturated carbocycles. The van der Waals surface area contributed by atoms with Crippen molar-refractivity contribution in [3.05, 3.63) is 83.4 Å². The molecule has 5 nitrogen and oxygen atoms in total. The molecule has 0 aliphatic rings. The van der Waals surface area contributed by atoms with Crippen molar-refractivity contribution in [2.24, 2.45) is 0 Å². The Morgan fingerprint density at radius 3 is 2.57 bits per heavy atom. The highest BCUT2D eigenvalue weighted by Gasteiger charge is 2.21. The predicted molar refractivity (Wildman–Crippen MR) is 123 cm³/mol. The second-order valence-corrected chi connectivity index (χ2v) is 8.03. The first-order valence-corrected chi connectivity index (χ1v) is 10.7. The number of para-hydroxylation sites is 1. The first-order chi connectivity index (χ1) is 14.6. The molecule has 0 bridgehead atoms. The largest absolute Gasteiger partial charge is 0.326 e. The monoisotopic (exact) mass is 417 g/mol. The highest BCUT2D eigenvalue weighted by atomic mass is 32.1. The van der Waals surface area contributed by atoms with Crippen molar-refractivity contribution in [1.82, 2.24) is 4.57 Å². The summed E-state index contributed by atoms with van der Waals surface area (Å²) in [6.07, 6.45) is 0. The summed E-state index contributed by atoms with van der Waals surface area (Å²) in [5, 5.41) is 4.90. The van der Waals surface area contributed by atoms with E-state index in [1.165, 1.54) is 0 Å². The molecule has 4 rings (SSSR count). The van der Waals surface area contributed by atoms with Crippen LogP contribution in [0.25, 0.3) is 10.2 Å². The zero-order valence-electron chi connectivity index (χ0n) is 17.0. The Kier molecular flexibility index (Phi) is 5.68. The van der Waals surface area contributed by atoms with Crippen LogP contribution in [0.4, 0.5) is 11.4 Å². The number of thiophene rings is 1. The molecule has 0 radical (unpaired) electrons. The van der Waals surface area contributed by atoms with Gasteiger partial charge in [0, 0.05) is 17.9 Å². The van der Waals surface area contributed by atoms with E-state index in [0.717, 1.165) is 27.2 Å². The van der Waals surface area contributed by atoms with E-state index in [1.807, 2.05) is 90.5 Å². The van der Waals surface area contributed by atoms with Crippen molar-refractivity contribution >= 4 is 44.7 Å². The lowest BCUT2D eigenvalue weighted by atomic mass is 10.2. The second-order valence-electron chi connectivity index (χ2n) is 7.08. The smallest absolute Gasteiger partial charge is 0.272 e. The van der Waals surface area contributed by atoms with Gasteiger partial charge >= 0.3 is 0 Å². The number of hydrogen-bond acceptors (Lipinski definition) is 3. The topological polar surface area (TPSA) is 54.3 Å². The number of nitrogens with zero attached hydrogens (tertiary/aromatic N) is 2. The van der Waals surface area contributed by atoms with Gasteiger partial charge in [0.15, 0.2) is 0 Å². The summed E-state index contributed by atoms with van der Waals surface area (Å²) in [7, 11) is 0. The van der Waals surface area contributed by atoms with Gasteiger partial charge < -0.3 is 14.8 Å². The van der Waals surface area contributed by atoms with Gasteiger partial charge in [-0.15, -0.1) is 11.3 Å². The van der Waals surface area contributed by atoms with Gasteiger partial charge in [0.05, 0.1) is 10.2 Å². The number of benzene rings is 2. The Bertz CT molecular complexity index is 1190. The van der Waals surface area contributed by atoms with Crippen molar-refractivity contribution in [2.45, 2.75) is 20.4 Å². The summed E-state index contributed by atoms with van der Waals surface area (Å²) < 4.78 is 2.80. The number of aryl methyl sites for hydroxylation is 1. The van der Waals surface area contributed by atoms with E-state index < -0.39 is 0 Å². The molecule has 6 heteroatoms. The molecule has 0 spiro atoms. The standard InChI is InChI=1S/C24H23N3O2S/c1-3-26(19-11-7-8-17(2)14-19)23(28)16-27-20-12-13-30-22(20)15-21(27)24(29)25-18-9-5-4-6-10-18/h4-15H,3,16H2,1-2H3,(H,25,29). The lowest BCUT2D eigenvalue weighted by Crippen LogP contribution is -2.34. The Morgan fingerprint density at radius 2 is 1.83 bits per heavy atom. The average molecular weight is 418 g/mol. The van der Waals surface area contributed by atoms with Crippen LogP contribution in [-0.2, 0) is 11.3 Å². The second kappa shape index (κ2) is 8.55. The summed E-state index contributed by atoms with van der Waals surface area (Å²) in [5.74, 6) is -0.281. The zero-order chi connectivity index (χ0) is 21.1. The van der Waals surface area contributed by atoms with Crippen molar-refractivity contribution in [3.8, 4) is 0 Å². The van der Waals surface area contributed by atoms with Gasteiger partial charge in [0.1, 0.15) is 12.2 Å². The molecule has 0 aliphatic carbocycles. The Hall–Kier alpha value is -3.38. The third-order valence-electron chi connectivity index (χ3n) is 5.01. The van der Waals surface area contributed by atoms with Crippen LogP contribution < -0.4 is 10.2 Å². The van der Waals surface area contributed by atoms with Gasteiger partial charge in [0.25, 0.3) is 5.91 Å². The number of aromatic nitrogens is 1.